The zero-order valence-electron chi connectivity index (χ0n) is 32.3. The van der Waals surface area contributed by atoms with Gasteiger partial charge in [0.2, 0.25) is 0 Å². The molecule has 0 aromatic heterocycles. The first-order valence-electron chi connectivity index (χ1n) is 19.4. The summed E-state index contributed by atoms with van der Waals surface area (Å²) < 4.78 is 40.2. The molecular weight excluding hydrogens is 756 g/mol. The van der Waals surface area contributed by atoms with E-state index in [9.17, 15) is 27.6 Å². The van der Waals surface area contributed by atoms with Gasteiger partial charge in [0.25, 0.3) is 21.8 Å². The van der Waals surface area contributed by atoms with Gasteiger partial charge in [-0.05, 0) is 56.2 Å². The largest absolute Gasteiger partial charge is 0.462 e. The molecule has 0 aliphatic carbocycles. The minimum Gasteiger partial charge on any atom is -0.462 e. The first-order valence-corrected chi connectivity index (χ1v) is 21.3. The summed E-state index contributed by atoms with van der Waals surface area (Å²) in [7, 11) is -4.38. The maximum absolute atomic E-state index is 14.5. The second-order valence-corrected chi connectivity index (χ2v) is 16.8. The number of imide groups is 1. The topological polar surface area (TPSA) is 152 Å². The lowest BCUT2D eigenvalue weighted by atomic mass is 10.1. The lowest BCUT2D eigenvalue weighted by molar-refractivity contribution is -0.137. The molecule has 1 N–H and O–H groups in total. The van der Waals surface area contributed by atoms with Crippen molar-refractivity contribution >= 4 is 62.7 Å². The van der Waals surface area contributed by atoms with E-state index in [1.54, 1.807) is 42.5 Å². The Kier molecular flexibility index (Phi) is 14.7. The molecule has 1 fully saturated rings. The van der Waals surface area contributed by atoms with Crippen molar-refractivity contribution in [1.29, 1.82) is 0 Å². The van der Waals surface area contributed by atoms with Crippen LogP contribution in [0.3, 0.4) is 0 Å². The number of halogens is 1. The summed E-state index contributed by atoms with van der Waals surface area (Å²) in [5.74, 6) is -2.95. The fourth-order valence-electron chi connectivity index (χ4n) is 6.70. The van der Waals surface area contributed by atoms with Crippen LogP contribution < -0.4 is 5.32 Å². The van der Waals surface area contributed by atoms with Gasteiger partial charge in [0.15, 0.2) is 17.5 Å². The number of unbranched alkanes of at least 4 members (excludes halogenated alkanes) is 11. The maximum atomic E-state index is 14.5. The zero-order chi connectivity index (χ0) is 40.3. The fraction of sp³-hybridized carbons (Fsp3) is 0.452. The number of esters is 1. The number of amides is 3. The Bertz CT molecular complexity index is 2020. The Balaban J connectivity index is 1.32. The number of nitrogens with zero attached hydrogens (tertiary/aromatic N) is 3. The van der Waals surface area contributed by atoms with Crippen LogP contribution in [0.2, 0.25) is 5.02 Å². The van der Waals surface area contributed by atoms with E-state index in [1.165, 1.54) is 95.5 Å². The van der Waals surface area contributed by atoms with E-state index in [0.717, 1.165) is 23.6 Å². The molecule has 1 atom stereocenters. The third kappa shape index (κ3) is 10.4. The number of benzene rings is 3. The smallest absolute Gasteiger partial charge is 0.418 e. The van der Waals surface area contributed by atoms with Crippen molar-refractivity contribution in [2.45, 2.75) is 121 Å². The summed E-state index contributed by atoms with van der Waals surface area (Å²) in [6, 6.07) is 16.8. The van der Waals surface area contributed by atoms with Gasteiger partial charge in [0.05, 0.1) is 35.1 Å². The monoisotopic (exact) mass is 806 g/mol. The van der Waals surface area contributed by atoms with Crippen LogP contribution in [0, 0.1) is 0 Å². The minimum atomic E-state index is -4.38. The van der Waals surface area contributed by atoms with Gasteiger partial charge in [-0.15, -0.1) is 0 Å². The number of ether oxygens (including phenoxy) is 2. The standard InChI is InChI=1S/C42H51ClN4O8S/c1-4-5-6-7-8-9-10-11-12-13-14-20-27-54-39(49)31-25-26-32(43)34(28-31)45-38(48)36(47-40(50)42(2,3)55-41(47)51)37-44-33-23-18-19-24-35(33)56(52,53)46(37)29-30-21-16-15-17-22-30/h15-19,21-26,28,36H,4-14,20,27,29H2,1-3H3,(H,45,48). The molecular formula is C42H51ClN4O8S. The number of amidine groups is 1. The van der Waals surface area contributed by atoms with Gasteiger partial charge < -0.3 is 14.8 Å². The third-order valence-electron chi connectivity index (χ3n) is 9.81. The minimum absolute atomic E-state index is 0.0137. The molecule has 2 heterocycles. The highest BCUT2D eigenvalue weighted by Gasteiger charge is 2.55. The Morgan fingerprint density at radius 3 is 2.09 bits per heavy atom. The normalized spacial score (nSPS) is 16.2. The van der Waals surface area contributed by atoms with Crippen molar-refractivity contribution in [3.05, 3.63) is 88.9 Å². The van der Waals surface area contributed by atoms with Gasteiger partial charge in [0, 0.05) is 0 Å². The molecule has 5 rings (SSSR count). The molecule has 3 aromatic carbocycles. The fourth-order valence-corrected chi connectivity index (χ4v) is 8.44. The number of aliphatic imine (C=N–C) groups is 1. The van der Waals surface area contributed by atoms with Crippen LogP contribution >= 0.6 is 11.6 Å². The van der Waals surface area contributed by atoms with Crippen molar-refractivity contribution in [1.82, 2.24) is 9.21 Å². The number of hydrogen-bond donors (Lipinski definition) is 1. The lowest BCUT2D eigenvalue weighted by Crippen LogP contribution is -2.58. The Morgan fingerprint density at radius 1 is 0.857 bits per heavy atom. The molecule has 3 amide bonds. The van der Waals surface area contributed by atoms with Gasteiger partial charge in [-0.3, -0.25) is 9.59 Å². The number of carbonyl (C=O) groups excluding carboxylic acids is 4. The second-order valence-electron chi connectivity index (χ2n) is 14.6. The molecule has 0 radical (unpaired) electrons. The Morgan fingerprint density at radius 2 is 1.46 bits per heavy atom. The van der Waals surface area contributed by atoms with Gasteiger partial charge in [-0.2, -0.15) is 0 Å². The van der Waals surface area contributed by atoms with Crippen LogP contribution in [-0.4, -0.2) is 65.6 Å². The Labute approximate surface area is 334 Å². The molecule has 0 saturated carbocycles. The molecule has 1 saturated heterocycles. The average Bonchev–Trinajstić information content (AvgIpc) is 3.37. The number of cyclic esters (lactones) is 1. The highest BCUT2D eigenvalue weighted by atomic mass is 35.5. The first kappa shape index (κ1) is 42.4. The van der Waals surface area contributed by atoms with E-state index in [4.69, 9.17) is 21.1 Å². The number of nitrogens with one attached hydrogen (secondary N) is 1. The highest BCUT2D eigenvalue weighted by molar-refractivity contribution is 7.90. The molecule has 0 bridgehead atoms. The number of para-hydroxylation sites is 1. The summed E-state index contributed by atoms with van der Waals surface area (Å²) in [5, 5.41) is 2.66. The van der Waals surface area contributed by atoms with E-state index in [2.05, 4.69) is 17.2 Å². The van der Waals surface area contributed by atoms with Crippen molar-refractivity contribution in [3.63, 3.8) is 0 Å². The highest BCUT2D eigenvalue weighted by Crippen LogP contribution is 2.37. The predicted molar refractivity (Wildman–Crippen MR) is 215 cm³/mol. The van der Waals surface area contributed by atoms with Crippen LogP contribution in [0.15, 0.2) is 82.7 Å². The van der Waals surface area contributed by atoms with Crippen molar-refractivity contribution in [2.75, 3.05) is 11.9 Å². The number of anilines is 1. The summed E-state index contributed by atoms with van der Waals surface area (Å²) in [5.41, 5.74) is -1.03. The number of rotatable bonds is 20. The van der Waals surface area contributed by atoms with E-state index >= 15 is 0 Å². The summed E-state index contributed by atoms with van der Waals surface area (Å²) >= 11 is 6.51. The van der Waals surface area contributed by atoms with Gasteiger partial charge in [-0.25, -0.2) is 32.2 Å². The molecule has 2 aliphatic heterocycles. The predicted octanol–water partition coefficient (Wildman–Crippen LogP) is 9.20. The van der Waals surface area contributed by atoms with Crippen LogP contribution in [0.4, 0.5) is 16.2 Å². The quantitative estimate of drug-likeness (QED) is 0.0877. The van der Waals surface area contributed by atoms with Crippen molar-refractivity contribution in [3.8, 4) is 0 Å². The number of carbonyl (C=O) groups is 4. The first-order chi connectivity index (χ1) is 26.8. The SMILES string of the molecule is CCCCCCCCCCCCCCOC(=O)c1ccc(Cl)c(NC(=O)C(C2=Nc3ccccc3S(=O)(=O)N2Cc2ccccc2)N2C(=O)OC(C)(C)C2=O)c1. The van der Waals surface area contributed by atoms with Crippen LogP contribution in [0.1, 0.15) is 114 Å². The summed E-state index contributed by atoms with van der Waals surface area (Å²) in [6.07, 6.45) is 13.0. The van der Waals surface area contributed by atoms with E-state index in [0.29, 0.717) is 16.9 Å². The molecule has 0 spiro atoms. The van der Waals surface area contributed by atoms with Gasteiger partial charge in [0.1, 0.15) is 4.90 Å². The van der Waals surface area contributed by atoms with Gasteiger partial charge in [-0.1, -0.05) is 132 Å². The van der Waals surface area contributed by atoms with Gasteiger partial charge >= 0.3 is 12.1 Å². The molecule has 1 unspecified atom stereocenters. The molecule has 12 nitrogen and oxygen atoms in total. The van der Waals surface area contributed by atoms with Crippen LogP contribution in [0.5, 0.6) is 0 Å². The van der Waals surface area contributed by atoms with Crippen LogP contribution in [0.25, 0.3) is 0 Å². The molecule has 56 heavy (non-hydrogen) atoms. The maximum Gasteiger partial charge on any atom is 0.418 e. The molecule has 3 aromatic rings. The molecule has 300 valence electrons. The van der Waals surface area contributed by atoms with E-state index in [1.807, 2.05) is 0 Å². The second kappa shape index (κ2) is 19.4. The summed E-state index contributed by atoms with van der Waals surface area (Å²) in [6.45, 7) is 4.90. The van der Waals surface area contributed by atoms with E-state index < -0.39 is 51.4 Å². The average molecular weight is 807 g/mol. The Hall–Kier alpha value is -4.75. The van der Waals surface area contributed by atoms with E-state index in [-0.39, 0.29) is 40.0 Å². The van der Waals surface area contributed by atoms with Crippen molar-refractivity contribution in [2.24, 2.45) is 4.99 Å². The number of fused-ring (bicyclic) bond motifs is 1. The van der Waals surface area contributed by atoms with Crippen molar-refractivity contribution < 1.29 is 37.1 Å². The zero-order valence-corrected chi connectivity index (χ0v) is 33.9. The van der Waals surface area contributed by atoms with Crippen LogP contribution in [-0.2, 0) is 35.6 Å². The number of hydrogen-bond acceptors (Lipinski definition) is 9. The number of sulfonamides is 1. The lowest BCUT2D eigenvalue weighted by Gasteiger charge is -2.35. The summed E-state index contributed by atoms with van der Waals surface area (Å²) in [4.78, 5) is 59.7. The molecule has 2 aliphatic rings. The molecule has 14 heteroatoms. The third-order valence-corrected chi connectivity index (χ3v) is 11.9.